The molecular formula is C27H30O16. The molecule has 0 amide bonds. The molecule has 3 aromatic rings. The van der Waals surface area contributed by atoms with Gasteiger partial charge in [-0.25, -0.2) is 0 Å². The summed E-state index contributed by atoms with van der Waals surface area (Å²) in [4.78, 5) is 13.6. The fourth-order valence-corrected chi connectivity index (χ4v) is 4.84. The van der Waals surface area contributed by atoms with Crippen molar-refractivity contribution in [2.45, 2.75) is 68.3 Å². The molecule has 3 heterocycles. The van der Waals surface area contributed by atoms with E-state index in [-0.39, 0.29) is 11.1 Å². The van der Waals surface area contributed by atoms with Gasteiger partial charge in [0.15, 0.2) is 23.5 Å². The van der Waals surface area contributed by atoms with Crippen molar-refractivity contribution in [2.75, 3.05) is 6.61 Å². The number of phenolic OH excluding ortho intramolecular Hbond substituents is 4. The Labute approximate surface area is 241 Å². The molecule has 43 heavy (non-hydrogen) atoms. The third-order valence-electron chi connectivity index (χ3n) is 7.29. The van der Waals surface area contributed by atoms with E-state index in [2.05, 4.69) is 0 Å². The molecule has 2 aliphatic rings. The molecule has 2 aromatic carbocycles. The lowest BCUT2D eigenvalue weighted by Gasteiger charge is -2.42. The fraction of sp³-hybridized carbons (Fsp3) is 0.444. The summed E-state index contributed by atoms with van der Waals surface area (Å²) in [6.07, 6.45) is -16.2. The number of rotatable bonds is 6. The van der Waals surface area contributed by atoms with E-state index in [1.807, 2.05) is 0 Å². The van der Waals surface area contributed by atoms with Crippen molar-refractivity contribution in [3.05, 3.63) is 40.6 Å². The summed E-state index contributed by atoms with van der Waals surface area (Å²) >= 11 is 0. The number of hydrogen-bond donors (Lipinski definition) is 10. The maximum atomic E-state index is 13.6. The lowest BCUT2D eigenvalue weighted by molar-refractivity contribution is -0.318. The van der Waals surface area contributed by atoms with Gasteiger partial charge in [0.05, 0.1) is 12.7 Å². The van der Waals surface area contributed by atoms with E-state index in [9.17, 15) is 55.9 Å². The summed E-state index contributed by atoms with van der Waals surface area (Å²) in [5.74, 6) is -3.33. The molecule has 5 rings (SSSR count). The van der Waals surface area contributed by atoms with E-state index in [1.54, 1.807) is 0 Å². The number of aliphatic hydroxyl groups excluding tert-OH is 6. The highest BCUT2D eigenvalue weighted by Gasteiger charge is 2.47. The standard InChI is InChI=1S/C27H30O16/c1-8-17(32)20(35)22(37)26(40-8)39-7-15-18(33)21(36)23(38)27(42-15)43-25-19(34)16-13(31)5-10(28)6-14(16)41-24(25)9-2-3-11(29)12(30)4-9/h2-6,8,15,17-18,20-23,26-33,35-38H,7H2,1H3/t8-,15+,17+,18-,20-,21+,22-,23-,26-,27+/m1/s1. The van der Waals surface area contributed by atoms with Crippen molar-refractivity contribution < 1.29 is 74.4 Å². The molecular weight excluding hydrogens is 580 g/mol. The van der Waals surface area contributed by atoms with Gasteiger partial charge in [-0.15, -0.1) is 0 Å². The zero-order valence-electron chi connectivity index (χ0n) is 22.3. The summed E-state index contributed by atoms with van der Waals surface area (Å²) in [5, 5.41) is 101. The number of ether oxygens (including phenoxy) is 4. The van der Waals surface area contributed by atoms with Crippen molar-refractivity contribution in [3.63, 3.8) is 0 Å². The van der Waals surface area contributed by atoms with Crippen molar-refractivity contribution in [1.82, 2.24) is 0 Å². The van der Waals surface area contributed by atoms with E-state index in [1.165, 1.54) is 13.0 Å². The number of aromatic hydroxyl groups is 4. The van der Waals surface area contributed by atoms with E-state index in [0.717, 1.165) is 24.3 Å². The van der Waals surface area contributed by atoms with Crippen LogP contribution in [0.3, 0.4) is 0 Å². The van der Waals surface area contributed by atoms with Crippen LogP contribution in [0.25, 0.3) is 22.3 Å². The van der Waals surface area contributed by atoms with Crippen LogP contribution in [0, 0.1) is 0 Å². The molecule has 234 valence electrons. The lowest BCUT2D eigenvalue weighted by atomic mass is 9.98. The van der Waals surface area contributed by atoms with E-state index in [4.69, 9.17) is 23.4 Å². The monoisotopic (exact) mass is 610 g/mol. The van der Waals surface area contributed by atoms with E-state index in [0.29, 0.717) is 0 Å². The van der Waals surface area contributed by atoms with Crippen molar-refractivity contribution >= 4 is 11.0 Å². The second-order valence-electron chi connectivity index (χ2n) is 10.3. The smallest absolute Gasteiger partial charge is 0.239 e. The van der Waals surface area contributed by atoms with Crippen LogP contribution >= 0.6 is 0 Å². The summed E-state index contributed by atoms with van der Waals surface area (Å²) < 4.78 is 27.8. The topological polar surface area (TPSA) is 269 Å². The molecule has 0 unspecified atom stereocenters. The van der Waals surface area contributed by atoms with Crippen LogP contribution in [0.4, 0.5) is 0 Å². The van der Waals surface area contributed by atoms with Crippen LogP contribution < -0.4 is 10.2 Å². The van der Waals surface area contributed by atoms with Gasteiger partial charge in [0.1, 0.15) is 65.2 Å². The predicted octanol–water partition coefficient (Wildman–Crippen LogP) is -1.69. The molecule has 2 aliphatic heterocycles. The Balaban J connectivity index is 1.48. The molecule has 0 spiro atoms. The van der Waals surface area contributed by atoms with Crippen molar-refractivity contribution in [3.8, 4) is 40.1 Å². The molecule has 0 bridgehead atoms. The third-order valence-corrected chi connectivity index (χ3v) is 7.29. The predicted molar refractivity (Wildman–Crippen MR) is 140 cm³/mol. The van der Waals surface area contributed by atoms with E-state index < -0.39 is 113 Å². The number of hydrogen-bond acceptors (Lipinski definition) is 16. The number of benzene rings is 2. The second kappa shape index (κ2) is 11.8. The van der Waals surface area contributed by atoms with Gasteiger partial charge in [0.25, 0.3) is 0 Å². The van der Waals surface area contributed by atoms with Gasteiger partial charge in [-0.3, -0.25) is 4.79 Å². The van der Waals surface area contributed by atoms with Gasteiger partial charge in [-0.1, -0.05) is 0 Å². The molecule has 10 N–H and O–H groups in total. The van der Waals surface area contributed by atoms with Crippen LogP contribution in [0.1, 0.15) is 6.92 Å². The Hall–Kier alpha value is -3.71. The van der Waals surface area contributed by atoms with Crippen LogP contribution in [0.15, 0.2) is 39.5 Å². The molecule has 16 nitrogen and oxygen atoms in total. The Kier molecular flexibility index (Phi) is 8.41. The molecule has 2 fully saturated rings. The number of aliphatic hydroxyl groups is 6. The first-order valence-electron chi connectivity index (χ1n) is 13.0. The first-order valence-corrected chi connectivity index (χ1v) is 13.0. The SMILES string of the molecule is C[C@H]1O[C@@H](OC[C@@H]2O[C@@H](Oc3c(-c4ccc(O)c(O)c4)oc4cc(O)cc(O)c4c3=O)[C@H](O)[C@@H](O)[C@@H]2O)[C@H](O)[C@H](O)[C@H]1O. The third kappa shape index (κ3) is 5.67. The zero-order chi connectivity index (χ0) is 31.3. The fourth-order valence-electron chi connectivity index (χ4n) is 4.84. The first-order chi connectivity index (χ1) is 20.3. The van der Waals surface area contributed by atoms with Gasteiger partial charge >= 0.3 is 0 Å². The average Bonchev–Trinajstić information content (AvgIpc) is 2.96. The van der Waals surface area contributed by atoms with Crippen molar-refractivity contribution in [2.24, 2.45) is 0 Å². The minimum atomic E-state index is -1.97. The number of fused-ring (bicyclic) bond motifs is 1. The summed E-state index contributed by atoms with van der Waals surface area (Å²) in [7, 11) is 0. The number of phenols is 4. The van der Waals surface area contributed by atoms with Crippen LogP contribution in [-0.2, 0) is 14.2 Å². The van der Waals surface area contributed by atoms with Gasteiger partial charge in [0.2, 0.25) is 17.5 Å². The normalized spacial score (nSPS) is 33.0. The zero-order valence-corrected chi connectivity index (χ0v) is 22.3. The maximum absolute atomic E-state index is 13.6. The highest BCUT2D eigenvalue weighted by molar-refractivity contribution is 5.88. The minimum absolute atomic E-state index is 0.0313. The largest absolute Gasteiger partial charge is 0.508 e. The molecule has 1 aromatic heterocycles. The Morgan fingerprint density at radius 1 is 0.744 bits per heavy atom. The van der Waals surface area contributed by atoms with Crippen LogP contribution in [0.2, 0.25) is 0 Å². The molecule has 0 saturated carbocycles. The maximum Gasteiger partial charge on any atom is 0.239 e. The average molecular weight is 611 g/mol. The first kappa shape index (κ1) is 30.7. The van der Waals surface area contributed by atoms with Crippen LogP contribution in [-0.4, -0.2) is 119 Å². The molecule has 0 aliphatic carbocycles. The molecule has 16 heteroatoms. The Morgan fingerprint density at radius 3 is 2.12 bits per heavy atom. The quantitative estimate of drug-likeness (QED) is 0.140. The minimum Gasteiger partial charge on any atom is -0.508 e. The highest BCUT2D eigenvalue weighted by Crippen LogP contribution is 2.39. The summed E-state index contributed by atoms with van der Waals surface area (Å²) in [6.45, 7) is 0.818. The van der Waals surface area contributed by atoms with E-state index >= 15 is 0 Å². The lowest BCUT2D eigenvalue weighted by Crippen LogP contribution is -2.61. The van der Waals surface area contributed by atoms with Gasteiger partial charge < -0.3 is 74.4 Å². The Bertz CT molecular complexity index is 1540. The van der Waals surface area contributed by atoms with Gasteiger partial charge in [-0.05, 0) is 25.1 Å². The molecule has 0 radical (unpaired) electrons. The van der Waals surface area contributed by atoms with Gasteiger partial charge in [-0.2, -0.15) is 0 Å². The molecule has 10 atom stereocenters. The van der Waals surface area contributed by atoms with Gasteiger partial charge in [0, 0.05) is 17.7 Å². The highest BCUT2D eigenvalue weighted by atomic mass is 16.7. The second-order valence-corrected chi connectivity index (χ2v) is 10.3. The van der Waals surface area contributed by atoms with Crippen molar-refractivity contribution in [1.29, 1.82) is 0 Å². The van der Waals surface area contributed by atoms with Crippen LogP contribution in [0.5, 0.6) is 28.7 Å². The summed E-state index contributed by atoms with van der Waals surface area (Å²) in [6, 6.07) is 5.24. The molecule has 2 saturated heterocycles. The summed E-state index contributed by atoms with van der Waals surface area (Å²) in [5.41, 5.74) is -1.35. The Morgan fingerprint density at radius 2 is 1.42 bits per heavy atom.